The Bertz CT molecular complexity index is 725. The lowest BCUT2D eigenvalue weighted by molar-refractivity contribution is -0.142. The number of aliphatic carboxylic acids is 2. The van der Waals surface area contributed by atoms with E-state index >= 15 is 0 Å². The van der Waals surface area contributed by atoms with E-state index in [1.165, 1.54) is 0 Å². The fourth-order valence-corrected chi connectivity index (χ4v) is 2.87. The van der Waals surface area contributed by atoms with Gasteiger partial charge in [0.1, 0.15) is 12.1 Å². The summed E-state index contributed by atoms with van der Waals surface area (Å²) in [6, 6.07) is 15.8. The molecule has 0 bridgehead atoms. The van der Waals surface area contributed by atoms with Gasteiger partial charge in [-0.15, -0.1) is 0 Å². The zero-order valence-corrected chi connectivity index (χ0v) is 15.1. The van der Waals surface area contributed by atoms with Crippen LogP contribution in [0, 0.1) is 5.92 Å². The van der Waals surface area contributed by atoms with Gasteiger partial charge < -0.3 is 10.2 Å². The molecule has 0 amide bonds. The van der Waals surface area contributed by atoms with E-state index in [4.69, 9.17) is 0 Å². The average Bonchev–Trinajstić information content (AvgIpc) is 2.61. The standard InChI is InChI=1S/C21H25NO4/c1-14(2)12-18(20(23)24)22-19(21(25)26)13-15-8-10-17(11-9-15)16-6-4-3-5-7-16/h3-11,14,18-19,22H,12-13H2,1-2H3,(H,23,24)(H,25,26). The molecule has 0 saturated carbocycles. The first-order valence-corrected chi connectivity index (χ1v) is 8.73. The number of rotatable bonds is 9. The number of benzene rings is 2. The fourth-order valence-electron chi connectivity index (χ4n) is 2.87. The summed E-state index contributed by atoms with van der Waals surface area (Å²) in [7, 11) is 0. The second-order valence-corrected chi connectivity index (χ2v) is 6.84. The van der Waals surface area contributed by atoms with E-state index in [0.29, 0.717) is 6.42 Å². The molecule has 0 spiro atoms. The first-order valence-electron chi connectivity index (χ1n) is 8.73. The highest BCUT2D eigenvalue weighted by atomic mass is 16.4. The minimum Gasteiger partial charge on any atom is -0.480 e. The Morgan fingerprint density at radius 3 is 1.88 bits per heavy atom. The van der Waals surface area contributed by atoms with Crippen LogP contribution in [-0.2, 0) is 16.0 Å². The molecule has 5 nitrogen and oxygen atoms in total. The van der Waals surface area contributed by atoms with Gasteiger partial charge in [0.15, 0.2) is 0 Å². The lowest BCUT2D eigenvalue weighted by atomic mass is 9.99. The van der Waals surface area contributed by atoms with Gasteiger partial charge in [-0.3, -0.25) is 14.9 Å². The molecule has 0 aromatic heterocycles. The fraction of sp³-hybridized carbons (Fsp3) is 0.333. The average molecular weight is 355 g/mol. The second-order valence-electron chi connectivity index (χ2n) is 6.84. The highest BCUT2D eigenvalue weighted by Crippen LogP contribution is 2.20. The Morgan fingerprint density at radius 1 is 0.846 bits per heavy atom. The summed E-state index contributed by atoms with van der Waals surface area (Å²) < 4.78 is 0. The van der Waals surface area contributed by atoms with E-state index in [1.54, 1.807) is 0 Å². The highest BCUT2D eigenvalue weighted by Gasteiger charge is 2.26. The maximum absolute atomic E-state index is 11.6. The number of carboxylic acid groups (broad SMARTS) is 2. The lowest BCUT2D eigenvalue weighted by Gasteiger charge is -2.22. The van der Waals surface area contributed by atoms with Crippen LogP contribution in [0.25, 0.3) is 11.1 Å². The zero-order chi connectivity index (χ0) is 19.1. The molecule has 2 rings (SSSR count). The van der Waals surface area contributed by atoms with Crippen LogP contribution >= 0.6 is 0 Å². The van der Waals surface area contributed by atoms with Gasteiger partial charge in [0.2, 0.25) is 0 Å². The molecule has 26 heavy (non-hydrogen) atoms. The van der Waals surface area contributed by atoms with Gasteiger partial charge in [0, 0.05) is 0 Å². The van der Waals surface area contributed by atoms with E-state index in [2.05, 4.69) is 5.32 Å². The lowest BCUT2D eigenvalue weighted by Crippen LogP contribution is -2.48. The molecule has 3 N–H and O–H groups in total. The first-order chi connectivity index (χ1) is 12.4. The minimum absolute atomic E-state index is 0.156. The Balaban J connectivity index is 2.09. The third kappa shape index (κ3) is 5.70. The van der Waals surface area contributed by atoms with Crippen LogP contribution < -0.4 is 5.32 Å². The molecule has 0 radical (unpaired) electrons. The molecular weight excluding hydrogens is 330 g/mol. The van der Waals surface area contributed by atoms with Crippen molar-refractivity contribution in [3.05, 3.63) is 60.2 Å². The molecular formula is C21H25NO4. The van der Waals surface area contributed by atoms with Crippen LogP contribution in [0.3, 0.4) is 0 Å². The number of carbonyl (C=O) groups is 2. The van der Waals surface area contributed by atoms with Gasteiger partial charge >= 0.3 is 11.9 Å². The number of nitrogens with one attached hydrogen (secondary N) is 1. The highest BCUT2D eigenvalue weighted by molar-refractivity contribution is 5.77. The summed E-state index contributed by atoms with van der Waals surface area (Å²) in [4.78, 5) is 23.0. The van der Waals surface area contributed by atoms with Crippen LogP contribution in [0.2, 0.25) is 0 Å². The van der Waals surface area contributed by atoms with Gasteiger partial charge in [-0.1, -0.05) is 68.4 Å². The van der Waals surface area contributed by atoms with Gasteiger partial charge in [0.05, 0.1) is 0 Å². The second kappa shape index (κ2) is 9.15. The minimum atomic E-state index is -1.05. The topological polar surface area (TPSA) is 86.6 Å². The molecule has 0 aliphatic carbocycles. The normalized spacial score (nSPS) is 13.3. The van der Waals surface area contributed by atoms with Crippen molar-refractivity contribution in [1.82, 2.24) is 5.32 Å². The molecule has 0 aliphatic heterocycles. The van der Waals surface area contributed by atoms with Crippen molar-refractivity contribution in [2.75, 3.05) is 0 Å². The maximum Gasteiger partial charge on any atom is 0.321 e. The Labute approximate surface area is 153 Å². The quantitative estimate of drug-likeness (QED) is 0.641. The monoisotopic (exact) mass is 355 g/mol. The smallest absolute Gasteiger partial charge is 0.321 e. The Kier molecular flexibility index (Phi) is 6.92. The largest absolute Gasteiger partial charge is 0.480 e. The van der Waals surface area contributed by atoms with Crippen LogP contribution in [0.4, 0.5) is 0 Å². The van der Waals surface area contributed by atoms with Crippen LogP contribution in [-0.4, -0.2) is 34.2 Å². The summed E-state index contributed by atoms with van der Waals surface area (Å²) in [5.41, 5.74) is 2.99. The molecule has 2 aromatic rings. The maximum atomic E-state index is 11.6. The molecule has 2 atom stereocenters. The first kappa shape index (κ1) is 19.7. The molecule has 0 saturated heterocycles. The van der Waals surface area contributed by atoms with Crippen molar-refractivity contribution in [2.24, 2.45) is 5.92 Å². The number of hydrogen-bond acceptors (Lipinski definition) is 3. The molecule has 138 valence electrons. The van der Waals surface area contributed by atoms with Crippen LogP contribution in [0.1, 0.15) is 25.8 Å². The zero-order valence-electron chi connectivity index (χ0n) is 15.1. The summed E-state index contributed by atoms with van der Waals surface area (Å²) in [6.45, 7) is 3.82. The third-order valence-electron chi connectivity index (χ3n) is 4.21. The van der Waals surface area contributed by atoms with Gasteiger partial charge in [-0.25, -0.2) is 0 Å². The van der Waals surface area contributed by atoms with Gasteiger partial charge in [-0.2, -0.15) is 0 Å². The third-order valence-corrected chi connectivity index (χ3v) is 4.21. The van der Waals surface area contributed by atoms with Crippen LogP contribution in [0.5, 0.6) is 0 Å². The van der Waals surface area contributed by atoms with E-state index in [0.717, 1.165) is 16.7 Å². The van der Waals surface area contributed by atoms with E-state index in [9.17, 15) is 19.8 Å². The molecule has 5 heteroatoms. The molecule has 2 aromatic carbocycles. The molecule has 0 heterocycles. The SMILES string of the molecule is CC(C)CC(NC(Cc1ccc(-c2ccccc2)cc1)C(=O)O)C(=O)O. The van der Waals surface area contributed by atoms with Crippen molar-refractivity contribution in [1.29, 1.82) is 0 Å². The molecule has 0 fully saturated rings. The van der Waals surface area contributed by atoms with Crippen molar-refractivity contribution in [3.63, 3.8) is 0 Å². The summed E-state index contributed by atoms with van der Waals surface area (Å²) in [5.74, 6) is -1.92. The Morgan fingerprint density at radius 2 is 1.38 bits per heavy atom. The van der Waals surface area contributed by atoms with Crippen molar-refractivity contribution in [3.8, 4) is 11.1 Å². The van der Waals surface area contributed by atoms with E-state index < -0.39 is 24.0 Å². The van der Waals surface area contributed by atoms with Crippen molar-refractivity contribution >= 4 is 11.9 Å². The predicted octanol–water partition coefficient (Wildman–Crippen LogP) is 3.44. The number of hydrogen-bond donors (Lipinski definition) is 3. The summed E-state index contributed by atoms with van der Waals surface area (Å²) in [5, 5.41) is 21.6. The van der Waals surface area contributed by atoms with E-state index in [1.807, 2.05) is 68.4 Å². The molecule has 2 unspecified atom stereocenters. The van der Waals surface area contributed by atoms with E-state index in [-0.39, 0.29) is 12.3 Å². The van der Waals surface area contributed by atoms with Gasteiger partial charge in [0.25, 0.3) is 0 Å². The summed E-state index contributed by atoms with van der Waals surface area (Å²) >= 11 is 0. The Hall–Kier alpha value is -2.66. The van der Waals surface area contributed by atoms with Crippen LogP contribution in [0.15, 0.2) is 54.6 Å². The van der Waals surface area contributed by atoms with Crippen molar-refractivity contribution in [2.45, 2.75) is 38.8 Å². The number of carboxylic acids is 2. The molecule has 0 aliphatic rings. The van der Waals surface area contributed by atoms with Gasteiger partial charge in [-0.05, 0) is 35.4 Å². The summed E-state index contributed by atoms with van der Waals surface area (Å²) in [6.07, 6.45) is 0.609. The van der Waals surface area contributed by atoms with Crippen molar-refractivity contribution < 1.29 is 19.8 Å². The predicted molar refractivity (Wildman–Crippen MR) is 101 cm³/mol.